The van der Waals surface area contributed by atoms with Crippen LogP contribution >= 0.6 is 0 Å². The third-order valence-corrected chi connectivity index (χ3v) is 5.14. The predicted molar refractivity (Wildman–Crippen MR) is 104 cm³/mol. The molecule has 152 valence electrons. The average Bonchev–Trinajstić information content (AvgIpc) is 2.87. The van der Waals surface area contributed by atoms with Gasteiger partial charge < -0.3 is 4.90 Å². The molecule has 0 radical (unpaired) electrons. The Labute approximate surface area is 164 Å². The first-order chi connectivity index (χ1) is 13.1. The zero-order chi connectivity index (χ0) is 20.5. The summed E-state index contributed by atoms with van der Waals surface area (Å²) in [4.78, 5) is 16.9. The molecule has 5 nitrogen and oxygen atoms in total. The van der Waals surface area contributed by atoms with E-state index in [2.05, 4.69) is 30.8 Å². The molecule has 3 rings (SSSR count). The van der Waals surface area contributed by atoms with Gasteiger partial charge in [0, 0.05) is 50.7 Å². The van der Waals surface area contributed by atoms with E-state index < -0.39 is 11.6 Å². The summed E-state index contributed by atoms with van der Waals surface area (Å²) < 4.78 is 29.0. The molecule has 28 heavy (non-hydrogen) atoms. The van der Waals surface area contributed by atoms with Crippen molar-refractivity contribution in [1.29, 1.82) is 0 Å². The summed E-state index contributed by atoms with van der Waals surface area (Å²) in [5, 5.41) is 4.49. The highest BCUT2D eigenvalue weighted by Gasteiger charge is 2.26. The number of amides is 1. The van der Waals surface area contributed by atoms with Crippen molar-refractivity contribution in [2.24, 2.45) is 7.05 Å². The highest BCUT2D eigenvalue weighted by atomic mass is 19.1. The maximum absolute atomic E-state index is 13.9. The molecule has 7 heteroatoms. The number of benzene rings is 1. The first-order valence-electron chi connectivity index (χ1n) is 9.65. The average molecular weight is 390 g/mol. The standard InChI is InChI=1S/C21H28F2N4O/c1-21(2,3)19-13-18(25(4)24-19)20(28)27-9-5-8-26(10-11-27)14-15-12-16(22)6-7-17(15)23/h6-7,12-13H,5,8-11,14H2,1-4H3. The van der Waals surface area contributed by atoms with Crippen LogP contribution in [0.5, 0.6) is 0 Å². The highest BCUT2D eigenvalue weighted by Crippen LogP contribution is 2.22. The van der Waals surface area contributed by atoms with E-state index >= 15 is 0 Å². The minimum absolute atomic E-state index is 0.0377. The largest absolute Gasteiger partial charge is 0.336 e. The van der Waals surface area contributed by atoms with Gasteiger partial charge in [0.25, 0.3) is 5.91 Å². The van der Waals surface area contributed by atoms with Crippen molar-refractivity contribution >= 4 is 5.91 Å². The molecule has 1 saturated heterocycles. The third kappa shape index (κ3) is 4.58. The summed E-state index contributed by atoms with van der Waals surface area (Å²) in [6, 6.07) is 5.40. The third-order valence-electron chi connectivity index (χ3n) is 5.14. The van der Waals surface area contributed by atoms with E-state index in [-0.39, 0.29) is 11.3 Å². The lowest BCUT2D eigenvalue weighted by atomic mass is 9.92. The highest BCUT2D eigenvalue weighted by molar-refractivity contribution is 5.92. The van der Waals surface area contributed by atoms with E-state index in [1.165, 1.54) is 6.07 Å². The zero-order valence-corrected chi connectivity index (χ0v) is 17.0. The minimum atomic E-state index is -0.436. The van der Waals surface area contributed by atoms with Crippen LogP contribution in [0.2, 0.25) is 0 Å². The van der Waals surface area contributed by atoms with E-state index in [1.54, 1.807) is 11.7 Å². The van der Waals surface area contributed by atoms with Gasteiger partial charge in [-0.3, -0.25) is 14.4 Å². The molecule has 1 fully saturated rings. The Morgan fingerprint density at radius 2 is 1.86 bits per heavy atom. The summed E-state index contributed by atoms with van der Waals surface area (Å²) in [5.41, 5.74) is 1.69. The summed E-state index contributed by atoms with van der Waals surface area (Å²) >= 11 is 0. The second kappa shape index (κ2) is 7.99. The second-order valence-electron chi connectivity index (χ2n) is 8.45. The Morgan fingerprint density at radius 1 is 1.11 bits per heavy atom. The van der Waals surface area contributed by atoms with E-state index in [0.29, 0.717) is 37.4 Å². The molecule has 2 aromatic rings. The van der Waals surface area contributed by atoms with Crippen molar-refractivity contribution < 1.29 is 13.6 Å². The van der Waals surface area contributed by atoms with Crippen molar-refractivity contribution in [3.05, 3.63) is 52.9 Å². The Kier molecular flexibility index (Phi) is 5.84. The molecular weight excluding hydrogens is 362 g/mol. The van der Waals surface area contributed by atoms with Crippen molar-refractivity contribution in [2.75, 3.05) is 26.2 Å². The van der Waals surface area contributed by atoms with Crippen LogP contribution in [0.15, 0.2) is 24.3 Å². The molecule has 1 aromatic carbocycles. The van der Waals surface area contributed by atoms with Crippen LogP contribution in [0.4, 0.5) is 8.78 Å². The molecule has 0 spiro atoms. The quantitative estimate of drug-likeness (QED) is 0.807. The molecule has 1 amide bonds. The minimum Gasteiger partial charge on any atom is -0.336 e. The number of hydrogen-bond acceptors (Lipinski definition) is 3. The van der Waals surface area contributed by atoms with Gasteiger partial charge in [0.05, 0.1) is 5.69 Å². The molecule has 0 saturated carbocycles. The van der Waals surface area contributed by atoms with Crippen LogP contribution in [0.3, 0.4) is 0 Å². The van der Waals surface area contributed by atoms with E-state index in [0.717, 1.165) is 30.8 Å². The number of hydrogen-bond donors (Lipinski definition) is 0. The first-order valence-corrected chi connectivity index (χ1v) is 9.65. The van der Waals surface area contributed by atoms with Gasteiger partial charge in [-0.05, 0) is 30.7 Å². The Hall–Kier alpha value is -2.28. The van der Waals surface area contributed by atoms with Gasteiger partial charge >= 0.3 is 0 Å². The number of halogens is 2. The lowest BCUT2D eigenvalue weighted by Gasteiger charge is -2.22. The smallest absolute Gasteiger partial charge is 0.272 e. The van der Waals surface area contributed by atoms with Crippen LogP contribution in [0, 0.1) is 11.6 Å². The van der Waals surface area contributed by atoms with E-state index in [9.17, 15) is 13.6 Å². The summed E-state index contributed by atoms with van der Waals surface area (Å²) in [6.45, 7) is 9.08. The normalized spacial score (nSPS) is 16.3. The lowest BCUT2D eigenvalue weighted by Crippen LogP contribution is -2.36. The molecule has 2 heterocycles. The van der Waals surface area contributed by atoms with Crippen LogP contribution in [0.1, 0.15) is 48.9 Å². The fourth-order valence-electron chi connectivity index (χ4n) is 3.43. The fraction of sp³-hybridized carbons (Fsp3) is 0.524. The van der Waals surface area contributed by atoms with Gasteiger partial charge in [-0.2, -0.15) is 5.10 Å². The number of carbonyl (C=O) groups is 1. The topological polar surface area (TPSA) is 41.4 Å². The van der Waals surface area contributed by atoms with Crippen LogP contribution < -0.4 is 0 Å². The maximum atomic E-state index is 13.9. The van der Waals surface area contributed by atoms with Crippen LogP contribution in [-0.2, 0) is 19.0 Å². The molecule has 0 atom stereocenters. The number of aromatic nitrogens is 2. The van der Waals surface area contributed by atoms with Crippen LogP contribution in [-0.4, -0.2) is 51.7 Å². The van der Waals surface area contributed by atoms with Gasteiger partial charge in [0.15, 0.2) is 0 Å². The Bertz CT molecular complexity index is 857. The molecule has 0 aliphatic carbocycles. The van der Waals surface area contributed by atoms with Gasteiger partial charge in [0.2, 0.25) is 0 Å². The zero-order valence-electron chi connectivity index (χ0n) is 17.0. The monoisotopic (exact) mass is 390 g/mol. The van der Waals surface area contributed by atoms with Gasteiger partial charge in [0.1, 0.15) is 17.3 Å². The first kappa shape index (κ1) is 20.5. The molecule has 1 aliphatic rings. The Balaban J connectivity index is 1.67. The predicted octanol–water partition coefficient (Wildman–Crippen LogP) is 3.34. The lowest BCUT2D eigenvalue weighted by molar-refractivity contribution is 0.0750. The molecule has 0 N–H and O–H groups in total. The van der Waals surface area contributed by atoms with Crippen molar-refractivity contribution in [3.63, 3.8) is 0 Å². The molecule has 1 aromatic heterocycles. The summed E-state index contributed by atoms with van der Waals surface area (Å²) in [6.07, 6.45) is 0.784. The molecule has 1 aliphatic heterocycles. The van der Waals surface area contributed by atoms with Crippen molar-refractivity contribution in [2.45, 2.75) is 39.2 Å². The van der Waals surface area contributed by atoms with E-state index in [4.69, 9.17) is 0 Å². The Morgan fingerprint density at radius 3 is 2.54 bits per heavy atom. The second-order valence-corrected chi connectivity index (χ2v) is 8.45. The number of rotatable bonds is 3. The molecule has 0 unspecified atom stereocenters. The van der Waals surface area contributed by atoms with Crippen molar-refractivity contribution in [1.82, 2.24) is 19.6 Å². The molecule has 0 bridgehead atoms. The number of aryl methyl sites for hydroxylation is 1. The number of carbonyl (C=O) groups excluding carboxylic acids is 1. The maximum Gasteiger partial charge on any atom is 0.272 e. The van der Waals surface area contributed by atoms with Crippen LogP contribution in [0.25, 0.3) is 0 Å². The van der Waals surface area contributed by atoms with Gasteiger partial charge in [-0.1, -0.05) is 20.8 Å². The van der Waals surface area contributed by atoms with E-state index in [1.807, 2.05) is 11.0 Å². The molecular formula is C21H28F2N4O. The SMILES string of the molecule is Cn1nc(C(C)(C)C)cc1C(=O)N1CCCN(Cc2cc(F)ccc2F)CC1. The fourth-order valence-corrected chi connectivity index (χ4v) is 3.43. The van der Waals surface area contributed by atoms with Gasteiger partial charge in [-0.15, -0.1) is 0 Å². The summed E-state index contributed by atoms with van der Waals surface area (Å²) in [5.74, 6) is -0.874. The van der Waals surface area contributed by atoms with Crippen molar-refractivity contribution in [3.8, 4) is 0 Å². The number of nitrogens with zero attached hydrogens (tertiary/aromatic N) is 4. The van der Waals surface area contributed by atoms with Gasteiger partial charge in [-0.25, -0.2) is 8.78 Å². The summed E-state index contributed by atoms with van der Waals surface area (Å²) in [7, 11) is 1.79.